The predicted octanol–water partition coefficient (Wildman–Crippen LogP) is 9.32. The molecule has 0 aromatic heterocycles. The maximum Gasteiger partial charge on any atom is 0.161 e. The number of rotatable bonds is 4. The molecule has 2 bridgehead atoms. The van der Waals surface area contributed by atoms with Crippen molar-refractivity contribution in [3.05, 3.63) is 113 Å². The van der Waals surface area contributed by atoms with Gasteiger partial charge in [0.25, 0.3) is 0 Å². The minimum Gasteiger partial charge on any atom is -0.294 e. The van der Waals surface area contributed by atoms with E-state index in [2.05, 4.69) is 114 Å². The largest absolute Gasteiger partial charge is 0.294 e. The SMILES string of the molecule is CC(C)[Si](C1=C2[C@H]3c4ccc5ccccc5c4[C@]2(c2c1ccc1ccccc21)[C@@H]1C(=O)C=CC(=O)[C@@H]13)(C(C)C)C(C)C. The lowest BCUT2D eigenvalue weighted by Gasteiger charge is -2.46. The molecule has 0 radical (unpaired) electrons. The summed E-state index contributed by atoms with van der Waals surface area (Å²) in [7, 11) is -2.25. The second kappa shape index (κ2) is 8.51. The van der Waals surface area contributed by atoms with Gasteiger partial charge >= 0.3 is 0 Å². The monoisotopic (exact) mass is 566 g/mol. The fraction of sp³-hybridized carbons (Fsp3) is 0.333. The molecular weight excluding hydrogens is 529 g/mol. The lowest BCUT2D eigenvalue weighted by molar-refractivity contribution is -0.129. The Morgan fingerprint density at radius 2 is 1.19 bits per heavy atom. The Hall–Kier alpha value is -3.56. The van der Waals surface area contributed by atoms with Crippen LogP contribution in [-0.4, -0.2) is 19.6 Å². The highest BCUT2D eigenvalue weighted by atomic mass is 28.3. The first-order chi connectivity index (χ1) is 20.2. The van der Waals surface area contributed by atoms with Crippen LogP contribution in [0.15, 0.2) is 90.5 Å². The summed E-state index contributed by atoms with van der Waals surface area (Å²) in [4.78, 5) is 28.3. The van der Waals surface area contributed by atoms with Crippen molar-refractivity contribution in [2.24, 2.45) is 11.8 Å². The van der Waals surface area contributed by atoms with Crippen molar-refractivity contribution < 1.29 is 9.59 Å². The minimum absolute atomic E-state index is 0.0692. The van der Waals surface area contributed by atoms with E-state index < -0.39 is 19.4 Å². The fourth-order valence-corrected chi connectivity index (χ4v) is 18.2. The molecule has 0 heterocycles. The van der Waals surface area contributed by atoms with Gasteiger partial charge in [-0.15, -0.1) is 0 Å². The summed E-state index contributed by atoms with van der Waals surface area (Å²) in [6, 6.07) is 26.7. The highest BCUT2D eigenvalue weighted by Gasteiger charge is 2.73. The van der Waals surface area contributed by atoms with Gasteiger partial charge in [0.1, 0.15) is 0 Å². The Labute approximate surface area is 249 Å². The van der Waals surface area contributed by atoms with Crippen LogP contribution in [-0.2, 0) is 15.0 Å². The molecule has 4 atom stereocenters. The number of carbonyl (C=O) groups is 2. The molecule has 4 aromatic rings. The average molecular weight is 567 g/mol. The molecule has 2 nitrogen and oxygen atoms in total. The van der Waals surface area contributed by atoms with Crippen molar-refractivity contribution in [1.29, 1.82) is 0 Å². The van der Waals surface area contributed by atoms with Crippen LogP contribution in [0.25, 0.3) is 26.7 Å². The lowest BCUT2D eigenvalue weighted by atomic mass is 9.59. The van der Waals surface area contributed by atoms with E-state index >= 15 is 0 Å². The molecule has 0 spiro atoms. The van der Waals surface area contributed by atoms with Crippen LogP contribution in [0.5, 0.6) is 0 Å². The molecule has 0 unspecified atom stereocenters. The summed E-state index contributed by atoms with van der Waals surface area (Å²) < 4.78 is 0. The average Bonchev–Trinajstić information content (AvgIpc) is 3.54. The second-order valence-electron chi connectivity index (χ2n) is 14.1. The van der Waals surface area contributed by atoms with E-state index in [1.807, 2.05) is 0 Å². The van der Waals surface area contributed by atoms with Gasteiger partial charge in [0.15, 0.2) is 11.6 Å². The van der Waals surface area contributed by atoms with Gasteiger partial charge in [0.05, 0.1) is 19.4 Å². The highest BCUT2D eigenvalue weighted by Crippen LogP contribution is 2.77. The first-order valence-electron chi connectivity index (χ1n) is 15.7. The molecule has 8 rings (SSSR count). The summed E-state index contributed by atoms with van der Waals surface area (Å²) in [6.45, 7) is 14.6. The van der Waals surface area contributed by atoms with E-state index in [1.165, 1.54) is 49.4 Å². The molecule has 4 aromatic carbocycles. The number of allylic oxidation sites excluding steroid dienone is 3. The summed E-state index contributed by atoms with van der Waals surface area (Å²) in [5.41, 5.74) is 7.52. The number of hydrogen-bond donors (Lipinski definition) is 0. The van der Waals surface area contributed by atoms with Gasteiger partial charge in [-0.25, -0.2) is 0 Å². The van der Waals surface area contributed by atoms with Crippen molar-refractivity contribution in [2.45, 2.75) is 69.5 Å². The molecule has 0 N–H and O–H groups in total. The third-order valence-corrected chi connectivity index (χ3v) is 19.0. The van der Waals surface area contributed by atoms with E-state index in [-0.39, 0.29) is 23.4 Å². The summed E-state index contributed by atoms with van der Waals surface area (Å²) in [5.74, 6) is -0.582. The van der Waals surface area contributed by atoms with Gasteiger partial charge in [0.2, 0.25) is 0 Å². The third kappa shape index (κ3) is 2.73. The Kier molecular flexibility index (Phi) is 5.29. The normalized spacial score (nSPS) is 25.8. The van der Waals surface area contributed by atoms with Gasteiger partial charge in [-0.3, -0.25) is 9.59 Å². The third-order valence-electron chi connectivity index (χ3n) is 11.8. The molecule has 42 heavy (non-hydrogen) atoms. The topological polar surface area (TPSA) is 34.1 Å². The lowest BCUT2D eigenvalue weighted by Crippen LogP contribution is -2.46. The van der Waals surface area contributed by atoms with Crippen molar-refractivity contribution in [2.75, 3.05) is 0 Å². The highest BCUT2D eigenvalue weighted by molar-refractivity contribution is 7.00. The quantitative estimate of drug-likeness (QED) is 0.231. The number of ketones is 2. The van der Waals surface area contributed by atoms with Crippen molar-refractivity contribution in [3.8, 4) is 0 Å². The molecule has 0 amide bonds. The molecule has 3 heteroatoms. The molecule has 210 valence electrons. The molecule has 4 aliphatic rings. The van der Waals surface area contributed by atoms with Gasteiger partial charge in [0, 0.05) is 11.8 Å². The zero-order chi connectivity index (χ0) is 29.3. The fourth-order valence-electron chi connectivity index (χ4n) is 10.9. The number of hydrogen-bond acceptors (Lipinski definition) is 2. The van der Waals surface area contributed by atoms with E-state index in [4.69, 9.17) is 0 Å². The van der Waals surface area contributed by atoms with Crippen LogP contribution in [0.1, 0.15) is 69.7 Å². The summed E-state index contributed by atoms with van der Waals surface area (Å²) in [5, 5.41) is 6.43. The van der Waals surface area contributed by atoms with Crippen molar-refractivity contribution in [3.63, 3.8) is 0 Å². The molecule has 1 saturated carbocycles. The Balaban J connectivity index is 1.67. The van der Waals surface area contributed by atoms with Crippen LogP contribution >= 0.6 is 0 Å². The van der Waals surface area contributed by atoms with Crippen molar-refractivity contribution in [1.82, 2.24) is 0 Å². The van der Waals surface area contributed by atoms with E-state index in [0.29, 0.717) is 16.6 Å². The number of fused-ring (bicyclic) bond motifs is 9. The molecular formula is C39H38O2Si. The van der Waals surface area contributed by atoms with Gasteiger partial charge in [-0.2, -0.15) is 0 Å². The second-order valence-corrected chi connectivity index (χ2v) is 19.9. The maximum atomic E-state index is 14.3. The smallest absolute Gasteiger partial charge is 0.161 e. The molecule has 4 aliphatic carbocycles. The molecule has 0 saturated heterocycles. The minimum atomic E-state index is -2.25. The van der Waals surface area contributed by atoms with E-state index in [1.54, 1.807) is 17.3 Å². The predicted molar refractivity (Wildman–Crippen MR) is 176 cm³/mol. The van der Waals surface area contributed by atoms with E-state index in [9.17, 15) is 9.59 Å². The first-order valence-corrected chi connectivity index (χ1v) is 18.0. The summed E-state index contributed by atoms with van der Waals surface area (Å²) in [6.07, 6.45) is 3.18. The summed E-state index contributed by atoms with van der Waals surface area (Å²) >= 11 is 0. The Morgan fingerprint density at radius 3 is 1.81 bits per heavy atom. The Morgan fingerprint density at radius 1 is 0.643 bits per heavy atom. The Bertz CT molecular complexity index is 1920. The zero-order valence-corrected chi connectivity index (χ0v) is 26.4. The van der Waals surface area contributed by atoms with Gasteiger partial charge in [-0.05, 0) is 83.3 Å². The van der Waals surface area contributed by atoms with Crippen LogP contribution in [0.2, 0.25) is 16.6 Å². The van der Waals surface area contributed by atoms with Crippen LogP contribution in [0, 0.1) is 11.8 Å². The molecule has 0 aliphatic heterocycles. The zero-order valence-electron chi connectivity index (χ0n) is 25.4. The van der Waals surface area contributed by atoms with Crippen molar-refractivity contribution >= 4 is 46.4 Å². The molecule has 1 fully saturated rings. The van der Waals surface area contributed by atoms with Gasteiger partial charge < -0.3 is 0 Å². The van der Waals surface area contributed by atoms with E-state index in [0.717, 1.165) is 0 Å². The van der Waals surface area contributed by atoms with Crippen LogP contribution < -0.4 is 0 Å². The standard InChI is InChI=1S/C39H38O2Si/c1-21(2)42(22(3)4,23(5)6)38-29-18-16-25-12-8-10-14-27(25)35(29)39-34-26-13-9-7-11-24(26)15-17-28(34)32(37(38)39)33-30(40)19-20-31(41)36(33)39/h7-23,32-33,36H,1-6H3/t32-,33+,36+,39-/m0/s1. The van der Waals surface area contributed by atoms with Gasteiger partial charge in [-0.1, -0.05) is 114 Å². The maximum absolute atomic E-state index is 14.3. The van der Waals surface area contributed by atoms with Crippen LogP contribution in [0.3, 0.4) is 0 Å². The first kappa shape index (κ1) is 26.1. The van der Waals surface area contributed by atoms with Crippen LogP contribution in [0.4, 0.5) is 0 Å². The number of carbonyl (C=O) groups excluding carboxylic acids is 2. The number of benzene rings is 4.